The predicted octanol–water partition coefficient (Wildman–Crippen LogP) is 2.73. The number of hydrogen-bond donors (Lipinski definition) is 2. The predicted molar refractivity (Wildman–Crippen MR) is 102 cm³/mol. The molecule has 1 aromatic carbocycles. The number of aromatic nitrogens is 1. The molecule has 2 atom stereocenters. The average molecular weight is 390 g/mol. The van der Waals surface area contributed by atoms with Crippen LogP contribution in [0.25, 0.3) is 0 Å². The van der Waals surface area contributed by atoms with E-state index in [2.05, 4.69) is 15.6 Å². The third-order valence-corrected chi connectivity index (χ3v) is 3.85. The second-order valence-corrected chi connectivity index (χ2v) is 6.43. The van der Waals surface area contributed by atoms with E-state index in [1.807, 2.05) is 13.0 Å². The summed E-state index contributed by atoms with van der Waals surface area (Å²) in [5.41, 5.74) is 1.37. The highest BCUT2D eigenvalue weighted by molar-refractivity contribution is 6.30. The van der Waals surface area contributed by atoms with Gasteiger partial charge in [-0.25, -0.2) is 9.78 Å². The molecule has 7 nitrogen and oxygen atoms in total. The van der Waals surface area contributed by atoms with Gasteiger partial charge in [-0.05, 0) is 45.0 Å². The summed E-state index contributed by atoms with van der Waals surface area (Å²) in [6.45, 7) is 4.78. The van der Waals surface area contributed by atoms with Crippen molar-refractivity contribution in [3.63, 3.8) is 0 Å². The van der Waals surface area contributed by atoms with Crippen molar-refractivity contribution in [2.24, 2.45) is 0 Å². The second kappa shape index (κ2) is 9.14. The monoisotopic (exact) mass is 389 g/mol. The number of benzene rings is 1. The van der Waals surface area contributed by atoms with Crippen molar-refractivity contribution >= 4 is 35.2 Å². The highest BCUT2D eigenvalue weighted by atomic mass is 35.5. The molecule has 142 valence electrons. The van der Waals surface area contributed by atoms with Crippen LogP contribution in [0.5, 0.6) is 0 Å². The van der Waals surface area contributed by atoms with Crippen molar-refractivity contribution in [2.45, 2.75) is 32.9 Å². The Morgan fingerprint density at radius 3 is 2.52 bits per heavy atom. The molecule has 2 rings (SSSR count). The van der Waals surface area contributed by atoms with Crippen molar-refractivity contribution in [3.8, 4) is 0 Å². The second-order valence-electron chi connectivity index (χ2n) is 5.99. The van der Waals surface area contributed by atoms with Gasteiger partial charge in [0.05, 0.1) is 5.02 Å². The van der Waals surface area contributed by atoms with E-state index in [1.165, 1.54) is 26.1 Å². The Hall–Kier alpha value is -2.93. The normalized spacial score (nSPS) is 12.6. The van der Waals surface area contributed by atoms with Crippen molar-refractivity contribution in [3.05, 3.63) is 58.7 Å². The van der Waals surface area contributed by atoms with E-state index in [9.17, 15) is 14.4 Å². The minimum Gasteiger partial charge on any atom is -0.451 e. The number of aryl methyl sites for hydroxylation is 1. The number of nitrogens with zero attached hydrogens (tertiary/aromatic N) is 1. The molecule has 0 bridgehead atoms. The molecule has 1 aromatic heterocycles. The third kappa shape index (κ3) is 6.07. The Labute approximate surface area is 162 Å². The zero-order valence-corrected chi connectivity index (χ0v) is 15.9. The molecule has 0 spiro atoms. The summed E-state index contributed by atoms with van der Waals surface area (Å²) >= 11 is 5.73. The Morgan fingerprint density at radius 2 is 1.89 bits per heavy atom. The lowest BCUT2D eigenvalue weighted by Gasteiger charge is -2.17. The molecule has 0 aliphatic heterocycles. The number of hydrogen-bond acceptors (Lipinski definition) is 5. The molecule has 0 unspecified atom stereocenters. The quantitative estimate of drug-likeness (QED) is 0.740. The van der Waals surface area contributed by atoms with Gasteiger partial charge in [0.25, 0.3) is 11.8 Å². The molecule has 0 fully saturated rings. The van der Waals surface area contributed by atoms with Crippen LogP contribution in [-0.2, 0) is 14.3 Å². The van der Waals surface area contributed by atoms with Crippen LogP contribution >= 0.6 is 11.6 Å². The summed E-state index contributed by atoms with van der Waals surface area (Å²) in [5, 5.41) is 5.50. The number of esters is 1. The van der Waals surface area contributed by atoms with Crippen LogP contribution in [0, 0.1) is 6.92 Å². The smallest absolute Gasteiger partial charge is 0.329 e. The first-order chi connectivity index (χ1) is 12.8. The molecule has 0 aliphatic rings. The third-order valence-electron chi connectivity index (χ3n) is 3.62. The van der Waals surface area contributed by atoms with Crippen LogP contribution in [0.15, 0.2) is 42.6 Å². The molecule has 2 amide bonds. The lowest BCUT2D eigenvalue weighted by atomic mass is 10.1. The molecular weight excluding hydrogens is 370 g/mol. The van der Waals surface area contributed by atoms with Gasteiger partial charge in [0.15, 0.2) is 6.10 Å². The Balaban J connectivity index is 1.88. The van der Waals surface area contributed by atoms with E-state index in [0.717, 1.165) is 5.56 Å². The first kappa shape index (κ1) is 20.4. The summed E-state index contributed by atoms with van der Waals surface area (Å²) in [6.07, 6.45) is 0.324. The Morgan fingerprint density at radius 1 is 1.15 bits per heavy atom. The van der Waals surface area contributed by atoms with Crippen LogP contribution in [0.1, 0.15) is 29.8 Å². The van der Waals surface area contributed by atoms with E-state index in [-0.39, 0.29) is 5.82 Å². The first-order valence-corrected chi connectivity index (χ1v) is 8.64. The van der Waals surface area contributed by atoms with Gasteiger partial charge < -0.3 is 15.4 Å². The van der Waals surface area contributed by atoms with Crippen LogP contribution in [0.3, 0.4) is 0 Å². The zero-order chi connectivity index (χ0) is 20.0. The fourth-order valence-corrected chi connectivity index (χ4v) is 2.24. The van der Waals surface area contributed by atoms with Crippen molar-refractivity contribution in [1.29, 1.82) is 0 Å². The summed E-state index contributed by atoms with van der Waals surface area (Å²) in [7, 11) is 0. The van der Waals surface area contributed by atoms with Crippen molar-refractivity contribution in [2.75, 3.05) is 5.32 Å². The molecule has 0 saturated heterocycles. The molecule has 2 aromatic rings. The molecule has 27 heavy (non-hydrogen) atoms. The minimum absolute atomic E-state index is 0.285. The number of carbonyl (C=O) groups excluding carboxylic acids is 3. The number of anilines is 1. The maximum atomic E-state index is 12.2. The number of rotatable bonds is 6. The van der Waals surface area contributed by atoms with Gasteiger partial charge in [0.2, 0.25) is 0 Å². The number of pyridine rings is 1. The van der Waals surface area contributed by atoms with E-state index >= 15 is 0 Å². The molecule has 8 heteroatoms. The maximum Gasteiger partial charge on any atom is 0.329 e. The summed E-state index contributed by atoms with van der Waals surface area (Å²) < 4.78 is 5.11. The van der Waals surface area contributed by atoms with Crippen LogP contribution in [0.2, 0.25) is 5.02 Å². The Kier molecular flexibility index (Phi) is 6.90. The SMILES string of the molecule is Cc1cccc(C(=O)N[C@@H](C)C(=O)O[C@@H](C)C(=O)Nc2ccc(Cl)cn2)c1. The van der Waals surface area contributed by atoms with Gasteiger partial charge in [0.1, 0.15) is 11.9 Å². The molecule has 0 aliphatic carbocycles. The minimum atomic E-state index is -1.06. The van der Waals surface area contributed by atoms with E-state index in [4.69, 9.17) is 16.3 Å². The van der Waals surface area contributed by atoms with Crippen molar-refractivity contribution in [1.82, 2.24) is 10.3 Å². The fourth-order valence-electron chi connectivity index (χ4n) is 2.13. The molecule has 0 saturated carbocycles. The highest BCUT2D eigenvalue weighted by Gasteiger charge is 2.23. The highest BCUT2D eigenvalue weighted by Crippen LogP contribution is 2.10. The lowest BCUT2D eigenvalue weighted by Crippen LogP contribution is -2.42. The van der Waals surface area contributed by atoms with Crippen LogP contribution in [-0.4, -0.2) is 34.9 Å². The van der Waals surface area contributed by atoms with Gasteiger partial charge >= 0.3 is 5.97 Å². The van der Waals surface area contributed by atoms with Gasteiger partial charge in [-0.15, -0.1) is 0 Å². The number of amides is 2. The zero-order valence-electron chi connectivity index (χ0n) is 15.2. The summed E-state index contributed by atoms with van der Waals surface area (Å²) in [4.78, 5) is 40.3. The summed E-state index contributed by atoms with van der Waals surface area (Å²) in [6, 6.07) is 9.16. The van der Waals surface area contributed by atoms with Crippen LogP contribution in [0.4, 0.5) is 5.82 Å². The largest absolute Gasteiger partial charge is 0.451 e. The maximum absolute atomic E-state index is 12.2. The molecular formula is C19H20ClN3O4. The van der Waals surface area contributed by atoms with Gasteiger partial charge in [-0.1, -0.05) is 29.3 Å². The van der Waals surface area contributed by atoms with Gasteiger partial charge in [0, 0.05) is 11.8 Å². The lowest BCUT2D eigenvalue weighted by molar-refractivity contribution is -0.154. The Bertz CT molecular complexity index is 839. The fraction of sp³-hybridized carbons (Fsp3) is 0.263. The number of nitrogens with one attached hydrogen (secondary N) is 2. The van der Waals surface area contributed by atoms with Crippen LogP contribution < -0.4 is 10.6 Å². The van der Waals surface area contributed by atoms with Gasteiger partial charge in [-0.2, -0.15) is 0 Å². The molecule has 2 N–H and O–H groups in total. The molecule has 0 radical (unpaired) electrons. The topological polar surface area (TPSA) is 97.4 Å². The van der Waals surface area contributed by atoms with Gasteiger partial charge in [-0.3, -0.25) is 9.59 Å². The van der Waals surface area contributed by atoms with Crippen molar-refractivity contribution < 1.29 is 19.1 Å². The number of carbonyl (C=O) groups is 3. The van der Waals surface area contributed by atoms with E-state index in [0.29, 0.717) is 10.6 Å². The van der Waals surface area contributed by atoms with E-state index in [1.54, 1.807) is 24.3 Å². The average Bonchev–Trinajstić information content (AvgIpc) is 2.63. The van der Waals surface area contributed by atoms with E-state index < -0.39 is 29.9 Å². The summed E-state index contributed by atoms with van der Waals surface area (Å²) in [5.74, 6) is -1.38. The first-order valence-electron chi connectivity index (χ1n) is 8.26. The standard InChI is InChI=1S/C19H20ClN3O4/c1-11-5-4-6-14(9-11)18(25)22-12(2)19(26)27-13(3)17(24)23-16-8-7-15(20)10-21-16/h4-10,12-13H,1-3H3,(H,22,25)(H,21,23,24)/t12-,13-/m0/s1. The number of halogens is 1. The number of ether oxygens (including phenoxy) is 1. The molecule has 1 heterocycles.